The van der Waals surface area contributed by atoms with Crippen LogP contribution in [-0.4, -0.2) is 142 Å². The van der Waals surface area contributed by atoms with E-state index in [0.29, 0.717) is 83.5 Å². The number of aliphatic hydroxyl groups is 2. The fourth-order valence-electron chi connectivity index (χ4n) is 7.42. The van der Waals surface area contributed by atoms with Crippen molar-refractivity contribution in [2.75, 3.05) is 78.2 Å². The van der Waals surface area contributed by atoms with E-state index in [1.165, 1.54) is 21.8 Å². The molecule has 18 nitrogen and oxygen atoms in total. The molecular weight excluding hydrogens is 893 g/mol. The lowest BCUT2D eigenvalue weighted by Gasteiger charge is -2.20. The summed E-state index contributed by atoms with van der Waals surface area (Å²) in [5, 5.41) is 32.9. The predicted octanol–water partition coefficient (Wildman–Crippen LogP) is 4.38. The minimum atomic E-state index is -0.295. The van der Waals surface area contributed by atoms with Gasteiger partial charge in [0, 0.05) is 60.5 Å². The van der Waals surface area contributed by atoms with E-state index in [9.17, 15) is 19.2 Å². The maximum absolute atomic E-state index is 13.3. The minimum absolute atomic E-state index is 0.00340. The Hall–Kier alpha value is -7.38. The highest BCUT2D eigenvalue weighted by atomic mass is 16.5. The number of nitrogens with two attached hydrogens (primary N) is 2. The van der Waals surface area contributed by atoms with E-state index in [1.54, 1.807) is 66.7 Å². The Bertz CT molecular complexity index is 2810. The van der Waals surface area contributed by atoms with Crippen molar-refractivity contribution >= 4 is 35.0 Å². The van der Waals surface area contributed by atoms with Gasteiger partial charge in [0.05, 0.1) is 48.1 Å². The maximum Gasteiger partial charge on any atom is 0.251 e. The lowest BCUT2D eigenvalue weighted by Crippen LogP contribution is -2.33. The Morgan fingerprint density at radius 1 is 0.614 bits per heavy atom. The highest BCUT2D eigenvalue weighted by Gasteiger charge is 2.27. The number of carbonyl (C=O) groups is 4. The van der Waals surface area contributed by atoms with Crippen LogP contribution in [0.1, 0.15) is 89.4 Å². The van der Waals surface area contributed by atoms with Crippen LogP contribution in [0.4, 0.5) is 11.6 Å². The molecule has 2 amide bonds. The molecule has 70 heavy (non-hydrogen) atoms. The Labute approximate surface area is 407 Å². The third kappa shape index (κ3) is 13.0. The van der Waals surface area contributed by atoms with Gasteiger partial charge in [-0.25, -0.2) is 9.36 Å². The lowest BCUT2D eigenvalue weighted by atomic mass is 10.1. The average molecular weight is 955 g/mol. The summed E-state index contributed by atoms with van der Waals surface area (Å²) in [5.41, 5.74) is 18.2. The molecule has 0 bridgehead atoms. The fraction of sp³-hybridized carbons (Fsp3) is 0.346. The summed E-state index contributed by atoms with van der Waals surface area (Å²) < 4.78 is 14.5. The molecule has 8 N–H and O–H groups in total. The van der Waals surface area contributed by atoms with Crippen molar-refractivity contribution in [2.24, 2.45) is 0 Å². The first-order valence-electron chi connectivity index (χ1n) is 23.4. The fourth-order valence-corrected chi connectivity index (χ4v) is 7.42. The van der Waals surface area contributed by atoms with Crippen molar-refractivity contribution in [3.8, 4) is 22.9 Å². The molecule has 2 aliphatic rings. The summed E-state index contributed by atoms with van der Waals surface area (Å²) in [6.07, 6.45) is 6.94. The molecule has 0 atom stereocenters. The molecule has 2 fully saturated rings. The number of rotatable bonds is 22. The molecule has 2 aliphatic carbocycles. The summed E-state index contributed by atoms with van der Waals surface area (Å²) in [7, 11) is 3.95. The monoisotopic (exact) mass is 954 g/mol. The van der Waals surface area contributed by atoms with Gasteiger partial charge in [0.1, 0.15) is 36.3 Å². The first-order valence-corrected chi connectivity index (χ1v) is 23.4. The molecule has 2 aromatic heterocycles. The summed E-state index contributed by atoms with van der Waals surface area (Å²) in [4.78, 5) is 55.4. The topological polar surface area (TPSA) is 245 Å². The van der Waals surface area contributed by atoms with Gasteiger partial charge in [-0.15, -0.1) is 0 Å². The minimum Gasteiger partial charge on any atom is -0.492 e. The number of carbonyl (C=O) groups excluding carboxylic acids is 4. The zero-order valence-electron chi connectivity index (χ0n) is 40.1. The van der Waals surface area contributed by atoms with Crippen molar-refractivity contribution in [1.29, 1.82) is 0 Å². The van der Waals surface area contributed by atoms with Crippen LogP contribution in [0, 0.1) is 13.8 Å². The molecule has 8 rings (SSSR count). The number of nitrogens with zero attached hydrogens (tertiary/aromatic N) is 6. The summed E-state index contributed by atoms with van der Waals surface area (Å²) >= 11 is 0. The second kappa shape index (κ2) is 23.3. The number of aryl methyl sites for hydroxylation is 2. The summed E-state index contributed by atoms with van der Waals surface area (Å²) in [5.74, 6) is 0.762. The molecule has 2 saturated carbocycles. The van der Waals surface area contributed by atoms with Gasteiger partial charge in [-0.05, 0) is 113 Å². The van der Waals surface area contributed by atoms with Crippen LogP contribution < -0.4 is 31.6 Å². The normalized spacial score (nSPS) is 13.1. The number of ketones is 2. The Kier molecular flexibility index (Phi) is 16.8. The Morgan fingerprint density at radius 2 is 1.04 bits per heavy atom. The SMILES string of the molecule is Cc1ccc(C(=O)NC2CC2)cc1-n1ncc(C(=O)c2cccc(OCCN(C)C)c2)c1N.Cc1ccc(C(=O)NC2CC2)cc1-n1ncc(C(=O)c2cccc(OCCN(CCO)CCO)c2)c1N. The van der Waals surface area contributed by atoms with Crippen LogP contribution in [0.15, 0.2) is 97.3 Å². The standard InChI is InChI=1S/C27H33N5O5.C25H29N5O3/c1-18-5-6-20(27(36)30-21-7-8-21)16-24(18)32-26(28)23(17-29-32)25(35)19-3-2-4-22(15-19)37-14-11-31(9-12-33)10-13-34;1-16-7-8-18(25(32)28-19-9-10-19)14-22(16)30-24(26)21(15-27-30)23(31)17-5-4-6-20(13-17)33-12-11-29(2)3/h2-6,15-17,21,33-34H,7-14,28H2,1H3,(H,30,36);4-8,13-15,19H,9-12,26H2,1-3H3,(H,28,32). The van der Waals surface area contributed by atoms with Crippen molar-refractivity contribution in [2.45, 2.75) is 51.6 Å². The molecule has 0 unspecified atom stereocenters. The number of ether oxygens (including phenoxy) is 2. The van der Waals surface area contributed by atoms with Gasteiger partial charge in [-0.2, -0.15) is 10.2 Å². The molecular formula is C52H62N10O8. The lowest BCUT2D eigenvalue weighted by molar-refractivity contribution is 0.0942. The molecule has 2 heterocycles. The highest BCUT2D eigenvalue weighted by molar-refractivity contribution is 6.12. The number of hydrogen-bond acceptors (Lipinski definition) is 14. The van der Waals surface area contributed by atoms with Crippen molar-refractivity contribution in [1.82, 2.24) is 40.0 Å². The zero-order chi connectivity index (χ0) is 49.9. The second-order valence-electron chi connectivity index (χ2n) is 17.7. The van der Waals surface area contributed by atoms with E-state index in [1.807, 2.05) is 55.9 Å². The number of aromatic nitrogens is 4. The number of likely N-dealkylation sites (N-methyl/N-ethyl adjacent to an activating group) is 1. The smallest absolute Gasteiger partial charge is 0.251 e. The molecule has 0 radical (unpaired) electrons. The third-order valence-electron chi connectivity index (χ3n) is 11.8. The van der Waals surface area contributed by atoms with Crippen molar-refractivity contribution in [3.05, 3.63) is 142 Å². The van der Waals surface area contributed by atoms with Gasteiger partial charge in [0.15, 0.2) is 11.6 Å². The van der Waals surface area contributed by atoms with E-state index in [4.69, 9.17) is 31.2 Å². The van der Waals surface area contributed by atoms with Crippen LogP contribution in [0.3, 0.4) is 0 Å². The molecule has 368 valence electrons. The van der Waals surface area contributed by atoms with E-state index < -0.39 is 0 Å². The number of hydrogen-bond donors (Lipinski definition) is 6. The van der Waals surface area contributed by atoms with E-state index in [0.717, 1.165) is 43.4 Å². The first kappa shape index (κ1) is 50.5. The quantitative estimate of drug-likeness (QED) is 0.0518. The van der Waals surface area contributed by atoms with Crippen LogP contribution in [-0.2, 0) is 0 Å². The van der Waals surface area contributed by atoms with Gasteiger partial charge < -0.3 is 46.7 Å². The Morgan fingerprint density at radius 3 is 1.44 bits per heavy atom. The van der Waals surface area contributed by atoms with Gasteiger partial charge >= 0.3 is 0 Å². The zero-order valence-corrected chi connectivity index (χ0v) is 40.1. The van der Waals surface area contributed by atoms with Crippen LogP contribution >= 0.6 is 0 Å². The predicted molar refractivity (Wildman–Crippen MR) is 266 cm³/mol. The highest BCUT2D eigenvalue weighted by Crippen LogP contribution is 2.28. The second-order valence-corrected chi connectivity index (χ2v) is 17.7. The molecule has 4 aromatic carbocycles. The van der Waals surface area contributed by atoms with Gasteiger partial charge in [0.2, 0.25) is 0 Å². The summed E-state index contributed by atoms with van der Waals surface area (Å²) in [6, 6.07) is 25.1. The van der Waals surface area contributed by atoms with E-state index in [-0.39, 0.29) is 65.9 Å². The number of nitrogen functional groups attached to an aromatic ring is 2. The molecule has 18 heteroatoms. The molecule has 0 spiro atoms. The van der Waals surface area contributed by atoms with Crippen molar-refractivity contribution in [3.63, 3.8) is 0 Å². The van der Waals surface area contributed by atoms with E-state index in [2.05, 4.69) is 20.8 Å². The van der Waals surface area contributed by atoms with Crippen LogP contribution in [0.2, 0.25) is 0 Å². The molecule has 0 saturated heterocycles. The number of amides is 2. The maximum atomic E-state index is 13.3. The van der Waals surface area contributed by atoms with Crippen molar-refractivity contribution < 1.29 is 38.9 Å². The molecule has 0 aliphatic heterocycles. The van der Waals surface area contributed by atoms with Gasteiger partial charge in [-0.3, -0.25) is 24.1 Å². The first-order chi connectivity index (χ1) is 33.7. The summed E-state index contributed by atoms with van der Waals surface area (Å²) in [6.45, 7) is 6.84. The largest absolute Gasteiger partial charge is 0.492 e. The van der Waals surface area contributed by atoms with Crippen LogP contribution in [0.5, 0.6) is 11.5 Å². The van der Waals surface area contributed by atoms with E-state index >= 15 is 0 Å². The average Bonchev–Trinajstić information content (AvgIpc) is 4.28. The number of nitrogens with one attached hydrogen (secondary N) is 2. The van der Waals surface area contributed by atoms with Gasteiger partial charge in [0.25, 0.3) is 11.8 Å². The molecule has 6 aromatic rings. The number of benzene rings is 4. The number of anilines is 2. The van der Waals surface area contributed by atoms with Gasteiger partial charge in [-0.1, -0.05) is 36.4 Å². The number of aliphatic hydroxyl groups excluding tert-OH is 2. The Balaban J connectivity index is 0.000000208. The third-order valence-corrected chi connectivity index (χ3v) is 11.8. The van der Waals surface area contributed by atoms with Crippen LogP contribution in [0.25, 0.3) is 11.4 Å².